The maximum Gasteiger partial charge on any atom is 0.284 e. The van der Waals surface area contributed by atoms with Crippen molar-refractivity contribution in [2.45, 2.75) is 19.3 Å². The third-order valence-corrected chi connectivity index (χ3v) is 7.73. The largest absolute Gasteiger partial charge is 0.453 e. The van der Waals surface area contributed by atoms with Gasteiger partial charge in [-0.25, -0.2) is 8.78 Å². The van der Waals surface area contributed by atoms with Gasteiger partial charge in [0.1, 0.15) is 22.9 Å². The maximum atomic E-state index is 15.1. The lowest BCUT2D eigenvalue weighted by atomic mass is 9.97. The van der Waals surface area contributed by atoms with Crippen LogP contribution in [0.2, 0.25) is 0 Å². The first-order chi connectivity index (χ1) is 19.9. The first-order valence-electron chi connectivity index (χ1n) is 12.6. The van der Waals surface area contributed by atoms with Crippen molar-refractivity contribution in [1.29, 1.82) is 0 Å². The predicted octanol–water partition coefficient (Wildman–Crippen LogP) is 6.30. The van der Waals surface area contributed by atoms with Crippen molar-refractivity contribution >= 4 is 44.5 Å². The minimum absolute atomic E-state index is 0.0597. The van der Waals surface area contributed by atoms with Gasteiger partial charge in [0.05, 0.1) is 15.9 Å². The number of anilines is 1. The van der Waals surface area contributed by atoms with Crippen LogP contribution >= 0.6 is 11.3 Å². The van der Waals surface area contributed by atoms with Crippen LogP contribution in [0.5, 0.6) is 11.5 Å². The molecule has 0 unspecified atom stereocenters. The molecule has 8 nitrogen and oxygen atoms in total. The summed E-state index contributed by atoms with van der Waals surface area (Å²) in [6.45, 7) is 0. The second-order valence-electron chi connectivity index (χ2n) is 9.25. The number of halogens is 2. The first-order valence-corrected chi connectivity index (χ1v) is 13.4. The molecule has 0 radical (unpaired) electrons. The SMILES string of the molecule is O=C1CC=C(c2cc3nccc(Oc4ccc(NC(=O)c5ccnn(-c6ccc(F)cc6)c5=O)cc4F)c3s2)CC1. The van der Waals surface area contributed by atoms with E-state index in [9.17, 15) is 18.8 Å². The molecule has 0 saturated carbocycles. The molecule has 0 fully saturated rings. The number of nitrogens with zero attached hydrogens (tertiary/aromatic N) is 3. The Hall–Kier alpha value is -5.03. The molecule has 41 heavy (non-hydrogen) atoms. The summed E-state index contributed by atoms with van der Waals surface area (Å²) in [4.78, 5) is 42.7. The molecule has 1 N–H and O–H groups in total. The fraction of sp³-hybridized carbons (Fsp3) is 0.100. The lowest BCUT2D eigenvalue weighted by Gasteiger charge is -2.11. The van der Waals surface area contributed by atoms with Crippen molar-refractivity contribution in [2.24, 2.45) is 0 Å². The van der Waals surface area contributed by atoms with E-state index in [1.54, 1.807) is 12.3 Å². The quantitative estimate of drug-likeness (QED) is 0.257. The molecule has 0 saturated heterocycles. The summed E-state index contributed by atoms with van der Waals surface area (Å²) in [6.07, 6.45) is 6.38. The summed E-state index contributed by atoms with van der Waals surface area (Å²) in [5.41, 5.74) is 1.24. The molecule has 2 aromatic carbocycles. The highest BCUT2D eigenvalue weighted by molar-refractivity contribution is 7.20. The van der Waals surface area contributed by atoms with Crippen LogP contribution in [0.3, 0.4) is 0 Å². The van der Waals surface area contributed by atoms with E-state index in [1.807, 2.05) is 12.1 Å². The Kier molecular flexibility index (Phi) is 6.94. The molecule has 0 aliphatic heterocycles. The van der Waals surface area contributed by atoms with Crippen molar-refractivity contribution in [2.75, 3.05) is 5.32 Å². The van der Waals surface area contributed by atoms with Crippen LogP contribution in [0.15, 0.2) is 83.9 Å². The Morgan fingerprint density at radius 1 is 0.951 bits per heavy atom. The number of allylic oxidation sites excluding steroid dienone is 2. The van der Waals surface area contributed by atoms with Gasteiger partial charge < -0.3 is 10.1 Å². The summed E-state index contributed by atoms with van der Waals surface area (Å²) in [7, 11) is 0. The Bertz CT molecular complexity index is 1910. The van der Waals surface area contributed by atoms with Crippen molar-refractivity contribution in [3.05, 3.63) is 112 Å². The van der Waals surface area contributed by atoms with E-state index in [0.717, 1.165) is 25.9 Å². The fourth-order valence-corrected chi connectivity index (χ4v) is 5.56. The van der Waals surface area contributed by atoms with Crippen LogP contribution in [-0.4, -0.2) is 26.5 Å². The molecular formula is C30H20F2N4O4S. The van der Waals surface area contributed by atoms with Crippen LogP contribution in [0.4, 0.5) is 14.5 Å². The van der Waals surface area contributed by atoms with E-state index < -0.39 is 23.1 Å². The molecule has 11 heteroatoms. The van der Waals surface area contributed by atoms with E-state index >= 15 is 4.39 Å². The highest BCUT2D eigenvalue weighted by Crippen LogP contribution is 2.40. The number of benzene rings is 2. The number of fused-ring (bicyclic) bond motifs is 1. The van der Waals surface area contributed by atoms with Crippen molar-refractivity contribution in [3.63, 3.8) is 0 Å². The number of hydrogen-bond acceptors (Lipinski definition) is 7. The number of ether oxygens (including phenoxy) is 1. The van der Waals surface area contributed by atoms with Crippen LogP contribution < -0.4 is 15.6 Å². The Morgan fingerprint density at radius 2 is 1.78 bits per heavy atom. The summed E-state index contributed by atoms with van der Waals surface area (Å²) in [5.74, 6) is -1.38. The average Bonchev–Trinajstić information content (AvgIpc) is 3.41. The summed E-state index contributed by atoms with van der Waals surface area (Å²) in [6, 6.07) is 13.8. The van der Waals surface area contributed by atoms with Crippen molar-refractivity contribution < 1.29 is 23.1 Å². The van der Waals surface area contributed by atoms with Gasteiger partial charge >= 0.3 is 0 Å². The van der Waals surface area contributed by atoms with Crippen LogP contribution in [0.25, 0.3) is 21.5 Å². The number of aromatic nitrogens is 3. The summed E-state index contributed by atoms with van der Waals surface area (Å²) >= 11 is 1.47. The molecule has 1 aliphatic carbocycles. The number of hydrogen-bond donors (Lipinski definition) is 1. The van der Waals surface area contributed by atoms with Crippen LogP contribution in [-0.2, 0) is 4.79 Å². The average molecular weight is 571 g/mol. The van der Waals surface area contributed by atoms with E-state index in [-0.39, 0.29) is 28.5 Å². The molecule has 0 spiro atoms. The van der Waals surface area contributed by atoms with E-state index in [1.165, 1.54) is 60.0 Å². The van der Waals surface area contributed by atoms with E-state index in [0.29, 0.717) is 30.5 Å². The molecule has 0 bridgehead atoms. The lowest BCUT2D eigenvalue weighted by Crippen LogP contribution is -2.29. The minimum atomic E-state index is -0.762. The second kappa shape index (κ2) is 10.9. The Balaban J connectivity index is 1.21. The zero-order valence-electron chi connectivity index (χ0n) is 21.3. The number of thiophene rings is 1. The minimum Gasteiger partial charge on any atom is -0.453 e. The zero-order valence-corrected chi connectivity index (χ0v) is 22.1. The van der Waals surface area contributed by atoms with E-state index in [2.05, 4.69) is 15.4 Å². The standard InChI is InChI=1S/C30H20F2N4O4S/c31-18-3-6-20(7-4-18)36-30(39)22(11-14-34-36)29(38)35-19-5-10-25(23(32)15-19)40-26-12-13-33-24-16-27(41-28(24)26)17-1-8-21(37)9-2-17/h1,3-7,10-16H,2,8-9H2,(H,35,38). The van der Waals surface area contributed by atoms with Gasteiger partial charge in [-0.15, -0.1) is 11.3 Å². The molecule has 1 amide bonds. The molecule has 3 heterocycles. The number of carbonyl (C=O) groups excluding carboxylic acids is 2. The van der Waals surface area contributed by atoms with Gasteiger partial charge in [-0.3, -0.25) is 19.4 Å². The molecule has 6 rings (SSSR count). The lowest BCUT2D eigenvalue weighted by molar-refractivity contribution is -0.118. The smallest absolute Gasteiger partial charge is 0.284 e. The molecule has 3 aromatic heterocycles. The maximum absolute atomic E-state index is 15.1. The summed E-state index contributed by atoms with van der Waals surface area (Å²) < 4.78 is 36.0. The van der Waals surface area contributed by atoms with Crippen LogP contribution in [0, 0.1) is 11.6 Å². The topological polar surface area (TPSA) is 103 Å². The van der Waals surface area contributed by atoms with Crippen LogP contribution in [0.1, 0.15) is 34.5 Å². The van der Waals surface area contributed by atoms with Gasteiger partial charge in [-0.05, 0) is 60.5 Å². The molecule has 204 valence electrons. The monoisotopic (exact) mass is 570 g/mol. The number of Topliss-reactive ketones (excluding diaryl/α,β-unsaturated/α-hetero) is 1. The van der Waals surface area contributed by atoms with Gasteiger partial charge in [0.15, 0.2) is 11.6 Å². The number of amides is 1. The van der Waals surface area contributed by atoms with E-state index in [4.69, 9.17) is 4.74 Å². The number of pyridine rings is 1. The van der Waals surface area contributed by atoms with Crippen molar-refractivity contribution in [3.8, 4) is 17.2 Å². The zero-order chi connectivity index (χ0) is 28.5. The molecule has 1 aliphatic rings. The number of rotatable bonds is 6. The number of ketones is 1. The van der Waals surface area contributed by atoms with Gasteiger partial charge in [0.2, 0.25) is 0 Å². The second-order valence-corrected chi connectivity index (χ2v) is 10.3. The number of carbonyl (C=O) groups is 2. The molecule has 5 aromatic rings. The fourth-order valence-electron chi connectivity index (χ4n) is 4.42. The third-order valence-electron chi connectivity index (χ3n) is 6.51. The van der Waals surface area contributed by atoms with Gasteiger partial charge in [0.25, 0.3) is 11.5 Å². The predicted molar refractivity (Wildman–Crippen MR) is 151 cm³/mol. The highest BCUT2D eigenvalue weighted by atomic mass is 32.1. The first kappa shape index (κ1) is 26.2. The molecular weight excluding hydrogens is 550 g/mol. The van der Waals surface area contributed by atoms with Gasteiger partial charge in [-0.2, -0.15) is 9.78 Å². The normalized spacial score (nSPS) is 13.2. The Labute approximate surface area is 235 Å². The van der Waals surface area contributed by atoms with Crippen molar-refractivity contribution in [1.82, 2.24) is 14.8 Å². The molecule has 0 atom stereocenters. The summed E-state index contributed by atoms with van der Waals surface area (Å²) in [5, 5.41) is 6.47. The number of nitrogens with one attached hydrogen (secondary N) is 1. The third kappa shape index (κ3) is 5.39. The van der Waals surface area contributed by atoms with Gasteiger partial charge in [-0.1, -0.05) is 6.08 Å². The Morgan fingerprint density at radius 3 is 2.54 bits per heavy atom. The van der Waals surface area contributed by atoms with Gasteiger partial charge in [0, 0.05) is 47.9 Å². The highest BCUT2D eigenvalue weighted by Gasteiger charge is 2.18.